The fraction of sp³-hybridized carbons (Fsp3) is 0.176. The van der Waals surface area contributed by atoms with Gasteiger partial charge in [0.15, 0.2) is 6.10 Å². The Morgan fingerprint density at radius 3 is 2.27 bits per heavy atom. The molecule has 1 N–H and O–H groups in total. The molecule has 0 aliphatic carbocycles. The highest BCUT2D eigenvalue weighted by Crippen LogP contribution is 2.29. The third kappa shape index (κ3) is 4.95. The first kappa shape index (κ1) is 19.7. The predicted octanol–water partition coefficient (Wildman–Crippen LogP) is 4.68. The van der Waals surface area contributed by atoms with Gasteiger partial charge in [-0.1, -0.05) is 11.6 Å². The lowest BCUT2D eigenvalue weighted by Crippen LogP contribution is -2.30. The average Bonchev–Trinajstić information content (AvgIpc) is 2.54. The summed E-state index contributed by atoms with van der Waals surface area (Å²) >= 11 is 5.74. The van der Waals surface area contributed by atoms with Crippen LogP contribution >= 0.6 is 11.6 Å². The molecule has 2 rings (SSSR count). The number of hydrogen-bond acceptors (Lipinski definition) is 3. The number of anilines is 1. The van der Waals surface area contributed by atoms with Crippen molar-refractivity contribution in [2.45, 2.75) is 19.2 Å². The van der Waals surface area contributed by atoms with Crippen LogP contribution < -0.4 is 5.32 Å². The molecule has 0 aliphatic rings. The molecule has 138 valence electrons. The van der Waals surface area contributed by atoms with Crippen molar-refractivity contribution >= 4 is 29.2 Å². The molecule has 0 heterocycles. The Morgan fingerprint density at radius 2 is 1.73 bits per heavy atom. The van der Waals surface area contributed by atoms with Gasteiger partial charge in [0.2, 0.25) is 0 Å². The molecule has 0 bridgehead atoms. The van der Waals surface area contributed by atoms with Crippen molar-refractivity contribution in [2.24, 2.45) is 0 Å². The molecule has 2 aromatic rings. The number of amides is 1. The molecule has 0 radical (unpaired) electrons. The van der Waals surface area contributed by atoms with Crippen LogP contribution in [0.15, 0.2) is 42.5 Å². The van der Waals surface area contributed by atoms with Gasteiger partial charge in [0, 0.05) is 5.69 Å². The molecular weight excluding hydrogens is 378 g/mol. The molecule has 1 unspecified atom stereocenters. The van der Waals surface area contributed by atoms with Crippen molar-refractivity contribution in [3.05, 3.63) is 64.4 Å². The maximum absolute atomic E-state index is 13.0. The first-order valence-electron chi connectivity index (χ1n) is 7.22. The van der Waals surface area contributed by atoms with Crippen molar-refractivity contribution in [3.8, 4) is 0 Å². The average molecular weight is 390 g/mol. The number of halogens is 5. The number of ether oxygens (including phenoxy) is 1. The fourth-order valence-corrected chi connectivity index (χ4v) is 2.16. The van der Waals surface area contributed by atoms with E-state index >= 15 is 0 Å². The Morgan fingerprint density at radius 1 is 1.12 bits per heavy atom. The second-order valence-corrected chi connectivity index (χ2v) is 5.64. The molecule has 9 heteroatoms. The van der Waals surface area contributed by atoms with Crippen LogP contribution in [-0.4, -0.2) is 18.0 Å². The zero-order chi connectivity index (χ0) is 19.5. The van der Waals surface area contributed by atoms with Gasteiger partial charge in [0.1, 0.15) is 5.82 Å². The number of esters is 1. The molecule has 2 aromatic carbocycles. The first-order chi connectivity index (χ1) is 12.1. The Labute approximate surface area is 150 Å². The minimum atomic E-state index is -4.49. The maximum Gasteiger partial charge on any atom is 0.416 e. The number of hydrogen-bond donors (Lipinski definition) is 1. The smallest absolute Gasteiger partial charge is 0.416 e. The van der Waals surface area contributed by atoms with Gasteiger partial charge in [-0.15, -0.1) is 0 Å². The van der Waals surface area contributed by atoms with E-state index in [1.54, 1.807) is 0 Å². The van der Waals surface area contributed by atoms with Gasteiger partial charge in [-0.25, -0.2) is 9.18 Å². The number of alkyl halides is 3. The molecule has 26 heavy (non-hydrogen) atoms. The summed E-state index contributed by atoms with van der Waals surface area (Å²) in [4.78, 5) is 24.0. The summed E-state index contributed by atoms with van der Waals surface area (Å²) in [5.74, 6) is -2.33. The fourth-order valence-electron chi connectivity index (χ4n) is 1.92. The van der Waals surface area contributed by atoms with Gasteiger partial charge in [-0.05, 0) is 49.4 Å². The lowest BCUT2D eigenvalue weighted by atomic mass is 10.2. The summed E-state index contributed by atoms with van der Waals surface area (Å²) in [7, 11) is 0. The van der Waals surface area contributed by atoms with E-state index in [-0.39, 0.29) is 16.3 Å². The summed E-state index contributed by atoms with van der Waals surface area (Å²) < 4.78 is 55.4. The van der Waals surface area contributed by atoms with Crippen molar-refractivity contribution in [1.82, 2.24) is 0 Å². The summed E-state index contributed by atoms with van der Waals surface area (Å²) in [6, 6.07) is 6.81. The Bertz CT molecular complexity index is 822. The van der Waals surface area contributed by atoms with Crippen LogP contribution in [0.1, 0.15) is 22.8 Å². The number of rotatable bonds is 4. The van der Waals surface area contributed by atoms with Crippen molar-refractivity contribution < 1.29 is 31.9 Å². The van der Waals surface area contributed by atoms with Gasteiger partial charge < -0.3 is 10.1 Å². The van der Waals surface area contributed by atoms with Crippen LogP contribution in [0.25, 0.3) is 0 Å². The zero-order valence-electron chi connectivity index (χ0n) is 13.2. The van der Waals surface area contributed by atoms with E-state index in [2.05, 4.69) is 5.32 Å². The minimum Gasteiger partial charge on any atom is -0.449 e. The SMILES string of the molecule is CC(OC(=O)c1ccc(F)cc1Cl)C(=O)Nc1ccc(C(F)(F)F)cc1. The van der Waals surface area contributed by atoms with Gasteiger partial charge in [0.25, 0.3) is 5.91 Å². The standard InChI is InChI=1S/C17H12ClF4NO3/c1-9(26-16(25)13-7-4-11(19)8-14(13)18)15(24)23-12-5-2-10(3-6-12)17(20,21)22/h2-9H,1H3,(H,23,24). The molecule has 0 spiro atoms. The normalized spacial score (nSPS) is 12.4. The lowest BCUT2D eigenvalue weighted by molar-refractivity contribution is -0.137. The summed E-state index contributed by atoms with van der Waals surface area (Å²) in [6.07, 6.45) is -5.74. The van der Waals surface area contributed by atoms with E-state index in [9.17, 15) is 27.2 Å². The number of benzene rings is 2. The Kier molecular flexibility index (Phi) is 5.86. The van der Waals surface area contributed by atoms with E-state index < -0.39 is 35.5 Å². The molecule has 0 fully saturated rings. The van der Waals surface area contributed by atoms with E-state index in [0.29, 0.717) is 0 Å². The molecule has 4 nitrogen and oxygen atoms in total. The van der Waals surface area contributed by atoms with Crippen LogP contribution in [0.5, 0.6) is 0 Å². The highest BCUT2D eigenvalue weighted by molar-refractivity contribution is 6.33. The van der Waals surface area contributed by atoms with Gasteiger partial charge in [-0.2, -0.15) is 13.2 Å². The second kappa shape index (κ2) is 7.74. The topological polar surface area (TPSA) is 55.4 Å². The Hall–Kier alpha value is -2.61. The molecular formula is C17H12ClF4NO3. The van der Waals surface area contributed by atoms with E-state index in [1.807, 2.05) is 0 Å². The third-order valence-corrected chi connectivity index (χ3v) is 3.60. The minimum absolute atomic E-state index is 0.103. The van der Waals surface area contributed by atoms with Gasteiger partial charge >= 0.3 is 12.1 Å². The summed E-state index contributed by atoms with van der Waals surface area (Å²) in [6.45, 7) is 1.27. The van der Waals surface area contributed by atoms with E-state index in [4.69, 9.17) is 16.3 Å². The summed E-state index contributed by atoms with van der Waals surface area (Å²) in [5.41, 5.74) is -0.881. The molecule has 0 aromatic heterocycles. The predicted molar refractivity (Wildman–Crippen MR) is 86.4 cm³/mol. The molecule has 1 amide bonds. The molecule has 0 saturated heterocycles. The van der Waals surface area contributed by atoms with Crippen molar-refractivity contribution in [2.75, 3.05) is 5.32 Å². The first-order valence-corrected chi connectivity index (χ1v) is 7.60. The highest BCUT2D eigenvalue weighted by Gasteiger charge is 2.30. The van der Waals surface area contributed by atoms with Crippen LogP contribution in [0.2, 0.25) is 5.02 Å². The number of carbonyl (C=O) groups excluding carboxylic acids is 2. The second-order valence-electron chi connectivity index (χ2n) is 5.24. The van der Waals surface area contributed by atoms with Crippen LogP contribution in [0.3, 0.4) is 0 Å². The number of carbonyl (C=O) groups is 2. The van der Waals surface area contributed by atoms with Crippen molar-refractivity contribution in [3.63, 3.8) is 0 Å². The van der Waals surface area contributed by atoms with Gasteiger partial charge in [0.05, 0.1) is 16.1 Å². The van der Waals surface area contributed by atoms with Crippen LogP contribution in [0, 0.1) is 5.82 Å². The molecule has 0 saturated carbocycles. The maximum atomic E-state index is 13.0. The molecule has 0 aliphatic heterocycles. The van der Waals surface area contributed by atoms with Crippen LogP contribution in [0.4, 0.5) is 23.2 Å². The summed E-state index contributed by atoms with van der Waals surface area (Å²) in [5, 5.41) is 2.15. The molecule has 1 atom stereocenters. The van der Waals surface area contributed by atoms with Gasteiger partial charge in [-0.3, -0.25) is 4.79 Å². The van der Waals surface area contributed by atoms with E-state index in [1.165, 1.54) is 6.92 Å². The quantitative estimate of drug-likeness (QED) is 0.610. The van der Waals surface area contributed by atoms with E-state index in [0.717, 1.165) is 42.5 Å². The third-order valence-electron chi connectivity index (χ3n) is 3.28. The van der Waals surface area contributed by atoms with Crippen LogP contribution in [-0.2, 0) is 15.7 Å². The highest BCUT2D eigenvalue weighted by atomic mass is 35.5. The van der Waals surface area contributed by atoms with Crippen molar-refractivity contribution in [1.29, 1.82) is 0 Å². The number of nitrogens with one attached hydrogen (secondary N) is 1. The monoisotopic (exact) mass is 389 g/mol. The lowest BCUT2D eigenvalue weighted by Gasteiger charge is -2.14. The zero-order valence-corrected chi connectivity index (χ0v) is 14.0. The Balaban J connectivity index is 2.00. The largest absolute Gasteiger partial charge is 0.449 e.